The van der Waals surface area contributed by atoms with Gasteiger partial charge in [0.2, 0.25) is 0 Å². The van der Waals surface area contributed by atoms with E-state index in [1.54, 1.807) is 0 Å². The van der Waals surface area contributed by atoms with Gasteiger partial charge in [-0.15, -0.1) is 0 Å². The first-order valence-corrected chi connectivity index (χ1v) is 5.76. The number of hydrogen-bond donors (Lipinski definition) is 2. The Hall–Kier alpha value is -1.60. The molecule has 0 aliphatic rings. The van der Waals surface area contributed by atoms with E-state index >= 15 is 0 Å². The maximum absolute atomic E-state index is 13.3. The highest BCUT2D eigenvalue weighted by Crippen LogP contribution is 2.14. The third kappa shape index (κ3) is 4.88. The quantitative estimate of drug-likeness (QED) is 0.735. The van der Waals surface area contributed by atoms with Crippen LogP contribution in [0.1, 0.15) is 16.8 Å². The van der Waals surface area contributed by atoms with Crippen molar-refractivity contribution in [2.45, 2.75) is 6.42 Å². The van der Waals surface area contributed by atoms with Crippen molar-refractivity contribution in [2.24, 2.45) is 5.73 Å². The fourth-order valence-corrected chi connectivity index (χ4v) is 1.41. The van der Waals surface area contributed by atoms with Gasteiger partial charge in [-0.25, -0.2) is 13.2 Å². The molecule has 0 fully saturated rings. The van der Waals surface area contributed by atoms with Crippen LogP contribution in [0.15, 0.2) is 12.1 Å². The van der Waals surface area contributed by atoms with E-state index in [1.807, 2.05) is 0 Å². The average Bonchev–Trinajstić information content (AvgIpc) is 2.32. The summed E-state index contributed by atoms with van der Waals surface area (Å²) in [6.45, 7) is 1.39. The lowest BCUT2D eigenvalue weighted by Gasteiger charge is -2.07. The fourth-order valence-electron chi connectivity index (χ4n) is 1.41. The lowest BCUT2D eigenvalue weighted by Crippen LogP contribution is -2.27. The van der Waals surface area contributed by atoms with Crippen LogP contribution in [0.25, 0.3) is 0 Å². The minimum atomic E-state index is -1.23. The monoisotopic (exact) mass is 276 g/mol. The van der Waals surface area contributed by atoms with Gasteiger partial charge in [0.05, 0.1) is 6.61 Å². The highest BCUT2D eigenvalue weighted by Gasteiger charge is 2.18. The normalized spacial score (nSPS) is 10.5. The van der Waals surface area contributed by atoms with Crippen molar-refractivity contribution >= 4 is 5.91 Å². The number of nitrogens with one attached hydrogen (secondary N) is 1. The van der Waals surface area contributed by atoms with Gasteiger partial charge in [0, 0.05) is 31.8 Å². The van der Waals surface area contributed by atoms with Gasteiger partial charge in [-0.2, -0.15) is 0 Å². The molecule has 0 radical (unpaired) electrons. The molecule has 0 unspecified atom stereocenters. The molecule has 0 aliphatic carbocycles. The standard InChI is InChI=1S/C12H15F3N2O2/c13-8-6-9(14)11(10(15)7-8)12(18)17-3-1-4-19-5-2-16/h6-7H,1-5,16H2,(H,17,18). The summed E-state index contributed by atoms with van der Waals surface area (Å²) in [5.41, 5.74) is 4.42. The van der Waals surface area contributed by atoms with Crippen LogP contribution >= 0.6 is 0 Å². The number of rotatable bonds is 7. The van der Waals surface area contributed by atoms with Gasteiger partial charge in [-0.3, -0.25) is 4.79 Å². The van der Waals surface area contributed by atoms with Gasteiger partial charge in [-0.1, -0.05) is 0 Å². The Morgan fingerprint density at radius 3 is 2.42 bits per heavy atom. The van der Waals surface area contributed by atoms with Gasteiger partial charge in [0.15, 0.2) is 0 Å². The predicted molar refractivity (Wildman–Crippen MR) is 63.1 cm³/mol. The molecule has 0 bridgehead atoms. The van der Waals surface area contributed by atoms with Crippen LogP contribution in [-0.2, 0) is 4.74 Å². The van der Waals surface area contributed by atoms with Gasteiger partial charge in [-0.05, 0) is 6.42 Å². The van der Waals surface area contributed by atoms with Crippen molar-refractivity contribution in [1.82, 2.24) is 5.32 Å². The summed E-state index contributed by atoms with van der Waals surface area (Å²) in [4.78, 5) is 11.5. The Morgan fingerprint density at radius 1 is 1.21 bits per heavy atom. The van der Waals surface area contributed by atoms with Gasteiger partial charge in [0.1, 0.15) is 23.0 Å². The maximum Gasteiger partial charge on any atom is 0.257 e. The number of carbonyl (C=O) groups excluding carboxylic acids is 1. The van der Waals surface area contributed by atoms with Crippen molar-refractivity contribution < 1.29 is 22.7 Å². The van der Waals surface area contributed by atoms with Crippen LogP contribution in [0.2, 0.25) is 0 Å². The van der Waals surface area contributed by atoms with Crippen molar-refractivity contribution in [3.8, 4) is 0 Å². The molecule has 1 amide bonds. The Balaban J connectivity index is 2.46. The van der Waals surface area contributed by atoms with Crippen molar-refractivity contribution in [3.05, 3.63) is 35.1 Å². The summed E-state index contributed by atoms with van der Waals surface area (Å²) < 4.78 is 44.2. The number of ether oxygens (including phenoxy) is 1. The molecule has 0 spiro atoms. The van der Waals surface area contributed by atoms with Gasteiger partial charge in [0.25, 0.3) is 5.91 Å². The van der Waals surface area contributed by atoms with E-state index < -0.39 is 28.9 Å². The first-order valence-electron chi connectivity index (χ1n) is 5.76. The number of hydrogen-bond acceptors (Lipinski definition) is 3. The molecule has 0 atom stereocenters. The topological polar surface area (TPSA) is 64.3 Å². The summed E-state index contributed by atoms with van der Waals surface area (Å²) in [6, 6.07) is 0.921. The first-order chi connectivity index (χ1) is 9.06. The molecule has 0 heterocycles. The van der Waals surface area contributed by atoms with Crippen molar-refractivity contribution in [1.29, 1.82) is 0 Å². The number of carbonyl (C=O) groups is 1. The van der Waals surface area contributed by atoms with Crippen LogP contribution in [0, 0.1) is 17.5 Å². The fraction of sp³-hybridized carbons (Fsp3) is 0.417. The second-order valence-corrected chi connectivity index (χ2v) is 3.75. The summed E-state index contributed by atoms with van der Waals surface area (Å²) in [5, 5.41) is 2.32. The summed E-state index contributed by atoms with van der Waals surface area (Å²) in [5.74, 6) is -4.45. The molecular weight excluding hydrogens is 261 g/mol. The minimum absolute atomic E-state index is 0.194. The first kappa shape index (κ1) is 15.5. The van der Waals surface area contributed by atoms with Crippen LogP contribution < -0.4 is 11.1 Å². The Kier molecular flexibility index (Phi) is 6.31. The molecule has 1 aromatic rings. The Bertz CT molecular complexity index is 418. The van der Waals surface area contributed by atoms with Crippen LogP contribution in [-0.4, -0.2) is 32.2 Å². The van der Waals surface area contributed by atoms with E-state index in [2.05, 4.69) is 5.32 Å². The van der Waals surface area contributed by atoms with E-state index in [4.69, 9.17) is 10.5 Å². The molecule has 1 rings (SSSR count). The third-order valence-electron chi connectivity index (χ3n) is 2.25. The highest BCUT2D eigenvalue weighted by molar-refractivity contribution is 5.94. The second kappa shape index (κ2) is 7.75. The van der Waals surface area contributed by atoms with E-state index in [9.17, 15) is 18.0 Å². The Morgan fingerprint density at radius 2 is 1.84 bits per heavy atom. The molecule has 0 saturated heterocycles. The molecule has 0 aliphatic heterocycles. The van der Waals surface area contributed by atoms with Gasteiger partial charge >= 0.3 is 0 Å². The number of benzene rings is 1. The molecular formula is C12H15F3N2O2. The lowest BCUT2D eigenvalue weighted by molar-refractivity contribution is 0.0934. The highest BCUT2D eigenvalue weighted by atomic mass is 19.1. The molecule has 3 N–H and O–H groups in total. The molecule has 106 valence electrons. The SMILES string of the molecule is NCCOCCCNC(=O)c1c(F)cc(F)cc1F. The minimum Gasteiger partial charge on any atom is -0.380 e. The van der Waals surface area contributed by atoms with Crippen LogP contribution in [0.3, 0.4) is 0 Å². The number of halogens is 3. The summed E-state index contributed by atoms with van der Waals surface area (Å²) in [7, 11) is 0. The summed E-state index contributed by atoms with van der Waals surface area (Å²) in [6.07, 6.45) is 0.482. The molecule has 19 heavy (non-hydrogen) atoms. The molecule has 1 aromatic carbocycles. The molecule has 0 saturated carbocycles. The predicted octanol–water partition coefficient (Wildman–Crippen LogP) is 1.20. The zero-order chi connectivity index (χ0) is 14.3. The van der Waals surface area contributed by atoms with E-state index in [1.165, 1.54) is 0 Å². The maximum atomic E-state index is 13.3. The molecule has 7 heteroatoms. The van der Waals surface area contributed by atoms with Gasteiger partial charge < -0.3 is 15.8 Å². The lowest BCUT2D eigenvalue weighted by atomic mass is 10.1. The number of nitrogens with two attached hydrogens (primary N) is 1. The van der Waals surface area contributed by atoms with Crippen LogP contribution in [0.5, 0.6) is 0 Å². The Labute approximate surface area is 108 Å². The molecule has 0 aromatic heterocycles. The molecule has 4 nitrogen and oxygen atoms in total. The zero-order valence-corrected chi connectivity index (χ0v) is 10.2. The van der Waals surface area contributed by atoms with E-state index in [0.717, 1.165) is 0 Å². The van der Waals surface area contributed by atoms with Crippen molar-refractivity contribution in [3.63, 3.8) is 0 Å². The average molecular weight is 276 g/mol. The largest absolute Gasteiger partial charge is 0.380 e. The number of amides is 1. The van der Waals surface area contributed by atoms with E-state index in [-0.39, 0.29) is 6.54 Å². The zero-order valence-electron chi connectivity index (χ0n) is 10.2. The third-order valence-corrected chi connectivity index (χ3v) is 2.25. The van der Waals surface area contributed by atoms with E-state index in [0.29, 0.717) is 38.3 Å². The smallest absolute Gasteiger partial charge is 0.257 e. The second-order valence-electron chi connectivity index (χ2n) is 3.75. The van der Waals surface area contributed by atoms with Crippen molar-refractivity contribution in [2.75, 3.05) is 26.3 Å². The summed E-state index contributed by atoms with van der Waals surface area (Å²) >= 11 is 0. The van der Waals surface area contributed by atoms with Crippen LogP contribution in [0.4, 0.5) is 13.2 Å².